The van der Waals surface area contributed by atoms with Crippen LogP contribution in [0.2, 0.25) is 5.02 Å². The van der Waals surface area contributed by atoms with Crippen molar-refractivity contribution in [2.24, 2.45) is 5.73 Å². The second kappa shape index (κ2) is 3.83. The standard InChI is InChI=1S/C11H13ClN2O/c1-6(5-13)8-3-11-10(4-9(8)12)14-7(2)15-11/h3-4,6H,5,13H2,1-2H3. The number of benzene rings is 1. The van der Waals surface area contributed by atoms with Crippen molar-refractivity contribution in [2.45, 2.75) is 19.8 Å². The normalized spacial score (nSPS) is 13.3. The monoisotopic (exact) mass is 224 g/mol. The van der Waals surface area contributed by atoms with Crippen molar-refractivity contribution in [2.75, 3.05) is 6.54 Å². The molecular formula is C11H13ClN2O. The van der Waals surface area contributed by atoms with Gasteiger partial charge in [0.1, 0.15) is 5.52 Å². The first-order valence-corrected chi connectivity index (χ1v) is 5.26. The van der Waals surface area contributed by atoms with E-state index in [2.05, 4.69) is 4.98 Å². The Bertz CT molecular complexity index is 493. The Morgan fingerprint density at radius 1 is 1.53 bits per heavy atom. The summed E-state index contributed by atoms with van der Waals surface area (Å²) in [5.74, 6) is 0.880. The first kappa shape index (κ1) is 10.5. The number of nitrogens with zero attached hydrogens (tertiary/aromatic N) is 1. The molecule has 0 radical (unpaired) electrons. The van der Waals surface area contributed by atoms with Crippen LogP contribution < -0.4 is 5.73 Å². The first-order valence-electron chi connectivity index (χ1n) is 4.88. The summed E-state index contributed by atoms with van der Waals surface area (Å²) in [6, 6.07) is 3.75. The van der Waals surface area contributed by atoms with E-state index in [4.69, 9.17) is 21.8 Å². The van der Waals surface area contributed by atoms with Crippen molar-refractivity contribution in [3.8, 4) is 0 Å². The van der Waals surface area contributed by atoms with Crippen LogP contribution in [0.5, 0.6) is 0 Å². The van der Waals surface area contributed by atoms with Crippen LogP contribution in [0.1, 0.15) is 24.3 Å². The summed E-state index contributed by atoms with van der Waals surface area (Å²) in [7, 11) is 0. The highest BCUT2D eigenvalue weighted by Gasteiger charge is 2.12. The van der Waals surface area contributed by atoms with Gasteiger partial charge in [0.25, 0.3) is 0 Å². The number of aryl methyl sites for hydroxylation is 1. The molecule has 1 aromatic carbocycles. The van der Waals surface area contributed by atoms with Gasteiger partial charge < -0.3 is 10.2 Å². The second-order valence-corrected chi connectivity index (χ2v) is 4.12. The largest absolute Gasteiger partial charge is 0.441 e. The van der Waals surface area contributed by atoms with Crippen molar-refractivity contribution in [1.29, 1.82) is 0 Å². The number of hydrogen-bond donors (Lipinski definition) is 1. The number of oxazole rings is 1. The first-order chi connectivity index (χ1) is 7.11. The highest BCUT2D eigenvalue weighted by Crippen LogP contribution is 2.29. The van der Waals surface area contributed by atoms with Gasteiger partial charge in [-0.15, -0.1) is 0 Å². The van der Waals surface area contributed by atoms with Gasteiger partial charge >= 0.3 is 0 Å². The van der Waals surface area contributed by atoms with Crippen LogP contribution in [-0.4, -0.2) is 11.5 Å². The van der Waals surface area contributed by atoms with Crippen LogP contribution in [-0.2, 0) is 0 Å². The SMILES string of the molecule is Cc1nc2cc(Cl)c(C(C)CN)cc2o1. The summed E-state index contributed by atoms with van der Waals surface area (Å²) < 4.78 is 5.45. The third kappa shape index (κ3) is 1.85. The van der Waals surface area contributed by atoms with Gasteiger partial charge in [-0.25, -0.2) is 4.98 Å². The van der Waals surface area contributed by atoms with E-state index in [-0.39, 0.29) is 5.92 Å². The zero-order valence-corrected chi connectivity index (χ0v) is 9.51. The summed E-state index contributed by atoms with van der Waals surface area (Å²) in [6.45, 7) is 4.43. The van der Waals surface area contributed by atoms with E-state index in [0.717, 1.165) is 16.7 Å². The van der Waals surface area contributed by atoms with Gasteiger partial charge in [0.2, 0.25) is 0 Å². The Morgan fingerprint density at radius 2 is 2.27 bits per heavy atom. The fraction of sp³-hybridized carbons (Fsp3) is 0.364. The highest BCUT2D eigenvalue weighted by atomic mass is 35.5. The van der Waals surface area contributed by atoms with Crippen molar-refractivity contribution in [3.63, 3.8) is 0 Å². The van der Waals surface area contributed by atoms with Crippen LogP contribution in [0.25, 0.3) is 11.1 Å². The number of nitrogens with two attached hydrogens (primary N) is 1. The van der Waals surface area contributed by atoms with Gasteiger partial charge in [0.15, 0.2) is 11.5 Å². The fourth-order valence-electron chi connectivity index (χ4n) is 1.58. The predicted octanol–water partition coefficient (Wildman–Crippen LogP) is 2.85. The molecule has 0 fully saturated rings. The van der Waals surface area contributed by atoms with Crippen LogP contribution in [0.4, 0.5) is 0 Å². The summed E-state index contributed by atoms with van der Waals surface area (Å²) in [4.78, 5) is 4.22. The molecule has 2 aromatic rings. The second-order valence-electron chi connectivity index (χ2n) is 3.71. The lowest BCUT2D eigenvalue weighted by atomic mass is 10.0. The van der Waals surface area contributed by atoms with Gasteiger partial charge in [0, 0.05) is 11.9 Å². The van der Waals surface area contributed by atoms with Gasteiger partial charge in [-0.2, -0.15) is 0 Å². The number of fused-ring (bicyclic) bond motifs is 1. The van der Waals surface area contributed by atoms with Gasteiger partial charge in [-0.3, -0.25) is 0 Å². The topological polar surface area (TPSA) is 52.0 Å². The molecule has 4 heteroatoms. The molecule has 0 aliphatic carbocycles. The molecule has 0 bridgehead atoms. The molecule has 1 unspecified atom stereocenters. The van der Waals surface area contributed by atoms with E-state index in [1.54, 1.807) is 0 Å². The van der Waals surface area contributed by atoms with E-state index in [9.17, 15) is 0 Å². The van der Waals surface area contributed by atoms with Gasteiger partial charge in [-0.05, 0) is 30.2 Å². The van der Waals surface area contributed by atoms with Gasteiger partial charge in [0.05, 0.1) is 0 Å². The summed E-state index contributed by atoms with van der Waals surface area (Å²) in [5, 5.41) is 0.703. The summed E-state index contributed by atoms with van der Waals surface area (Å²) in [6.07, 6.45) is 0. The Labute approximate surface area is 93.2 Å². The van der Waals surface area contributed by atoms with E-state index in [1.165, 1.54) is 0 Å². The third-order valence-corrected chi connectivity index (χ3v) is 2.83. The Kier molecular flexibility index (Phi) is 2.67. The summed E-state index contributed by atoms with van der Waals surface area (Å²) in [5.41, 5.74) is 8.20. The van der Waals surface area contributed by atoms with E-state index >= 15 is 0 Å². The Morgan fingerprint density at radius 3 is 2.93 bits per heavy atom. The molecule has 0 amide bonds. The number of halogens is 1. The molecule has 2 rings (SSSR count). The number of rotatable bonds is 2. The highest BCUT2D eigenvalue weighted by molar-refractivity contribution is 6.32. The lowest BCUT2D eigenvalue weighted by Crippen LogP contribution is -2.09. The number of aromatic nitrogens is 1. The smallest absolute Gasteiger partial charge is 0.192 e. The van der Waals surface area contributed by atoms with Crippen LogP contribution >= 0.6 is 11.6 Å². The zero-order valence-electron chi connectivity index (χ0n) is 8.75. The maximum Gasteiger partial charge on any atom is 0.192 e. The molecule has 3 nitrogen and oxygen atoms in total. The van der Waals surface area contributed by atoms with Crippen molar-refractivity contribution in [1.82, 2.24) is 4.98 Å². The third-order valence-electron chi connectivity index (χ3n) is 2.50. The Balaban J connectivity index is 2.60. The molecule has 80 valence electrons. The van der Waals surface area contributed by atoms with Gasteiger partial charge in [-0.1, -0.05) is 18.5 Å². The molecule has 0 saturated heterocycles. The molecule has 1 atom stereocenters. The minimum Gasteiger partial charge on any atom is -0.441 e. The van der Waals surface area contributed by atoms with E-state index in [1.807, 2.05) is 26.0 Å². The quantitative estimate of drug-likeness (QED) is 0.854. The minimum atomic E-state index is 0.229. The molecule has 1 heterocycles. The lowest BCUT2D eigenvalue weighted by Gasteiger charge is -2.10. The molecule has 0 saturated carbocycles. The predicted molar refractivity (Wildman–Crippen MR) is 61.2 cm³/mol. The molecular weight excluding hydrogens is 212 g/mol. The van der Waals surface area contributed by atoms with Crippen molar-refractivity contribution in [3.05, 3.63) is 28.6 Å². The maximum atomic E-state index is 6.15. The van der Waals surface area contributed by atoms with Crippen LogP contribution in [0.3, 0.4) is 0 Å². The maximum absolute atomic E-state index is 6.15. The summed E-state index contributed by atoms with van der Waals surface area (Å²) >= 11 is 6.15. The van der Waals surface area contributed by atoms with Crippen molar-refractivity contribution < 1.29 is 4.42 Å². The van der Waals surface area contributed by atoms with Crippen molar-refractivity contribution >= 4 is 22.7 Å². The molecule has 0 aliphatic heterocycles. The average molecular weight is 225 g/mol. The fourth-order valence-corrected chi connectivity index (χ4v) is 1.93. The molecule has 0 spiro atoms. The lowest BCUT2D eigenvalue weighted by molar-refractivity contribution is 0.560. The number of hydrogen-bond acceptors (Lipinski definition) is 3. The minimum absolute atomic E-state index is 0.229. The molecule has 1 aromatic heterocycles. The van der Waals surface area contributed by atoms with Crippen LogP contribution in [0.15, 0.2) is 16.5 Å². The molecule has 0 aliphatic rings. The Hall–Kier alpha value is -1.06. The van der Waals surface area contributed by atoms with E-state index in [0.29, 0.717) is 17.5 Å². The van der Waals surface area contributed by atoms with E-state index < -0.39 is 0 Å². The zero-order chi connectivity index (χ0) is 11.0. The molecule has 2 N–H and O–H groups in total. The van der Waals surface area contributed by atoms with Crippen LogP contribution in [0, 0.1) is 6.92 Å². The molecule has 15 heavy (non-hydrogen) atoms. The average Bonchev–Trinajstić information content (AvgIpc) is 2.55.